The number of hydrogen-bond donors (Lipinski definition) is 0. The maximum Gasteiger partial charge on any atom is 0.0770 e. The lowest BCUT2D eigenvalue weighted by atomic mass is 9.99. The minimum atomic E-state index is 0.484. The van der Waals surface area contributed by atoms with Gasteiger partial charge in [-0.25, -0.2) is 0 Å². The molecule has 0 saturated heterocycles. The molecule has 0 bridgehead atoms. The van der Waals surface area contributed by atoms with Crippen molar-refractivity contribution < 1.29 is 0 Å². The maximum absolute atomic E-state index is 8.85. The molecule has 0 saturated carbocycles. The molecule has 0 amide bonds. The monoisotopic (exact) mass is 287 g/mol. The van der Waals surface area contributed by atoms with Gasteiger partial charge in [0.05, 0.1) is 22.3 Å². The molecular formula is C16H18ClN3. The molecule has 1 aromatic carbocycles. The van der Waals surface area contributed by atoms with E-state index >= 15 is 0 Å². The summed E-state index contributed by atoms with van der Waals surface area (Å²) in [6.07, 6.45) is 1.18. The smallest absolute Gasteiger partial charge is 0.0770 e. The van der Waals surface area contributed by atoms with E-state index in [1.165, 1.54) is 0 Å². The van der Waals surface area contributed by atoms with E-state index in [9.17, 15) is 0 Å². The van der Waals surface area contributed by atoms with Crippen LogP contribution >= 0.6 is 11.6 Å². The van der Waals surface area contributed by atoms with Crippen LogP contribution in [0.25, 0.3) is 10.9 Å². The van der Waals surface area contributed by atoms with Crippen LogP contribution in [0.15, 0.2) is 12.1 Å². The Bertz CT molecular complexity index is 699. The third-order valence-corrected chi connectivity index (χ3v) is 3.82. The van der Waals surface area contributed by atoms with Crippen molar-refractivity contribution in [3.63, 3.8) is 0 Å². The molecule has 1 aromatic heterocycles. The summed E-state index contributed by atoms with van der Waals surface area (Å²) in [7, 11) is 4.01. The topological polar surface area (TPSA) is 39.9 Å². The molecule has 4 heteroatoms. The van der Waals surface area contributed by atoms with E-state index in [0.29, 0.717) is 17.9 Å². The summed E-state index contributed by atoms with van der Waals surface area (Å²) >= 11 is 6.40. The SMILES string of the molecule is Cc1nc2c(C)ccc(Cl)c2c(N(C)C)c1CCC#N. The lowest BCUT2D eigenvalue weighted by Gasteiger charge is -2.22. The number of nitriles is 1. The minimum Gasteiger partial charge on any atom is -0.377 e. The van der Waals surface area contributed by atoms with Gasteiger partial charge in [-0.3, -0.25) is 4.98 Å². The van der Waals surface area contributed by atoms with Crippen molar-refractivity contribution in [2.45, 2.75) is 26.7 Å². The van der Waals surface area contributed by atoms with E-state index in [1.807, 2.05) is 40.1 Å². The molecule has 0 radical (unpaired) electrons. The number of anilines is 1. The first-order chi connectivity index (χ1) is 9.47. The summed E-state index contributed by atoms with van der Waals surface area (Å²) in [5.41, 5.74) is 5.22. The second-order valence-electron chi connectivity index (χ2n) is 5.16. The molecule has 0 aliphatic rings. The molecule has 0 aliphatic heterocycles. The molecule has 2 rings (SSSR count). The lowest BCUT2D eigenvalue weighted by molar-refractivity contribution is 0.960. The Hall–Kier alpha value is -1.79. The highest BCUT2D eigenvalue weighted by Crippen LogP contribution is 2.37. The Morgan fingerprint density at radius 1 is 1.30 bits per heavy atom. The number of benzene rings is 1. The molecule has 3 nitrogen and oxygen atoms in total. The number of rotatable bonds is 3. The van der Waals surface area contributed by atoms with Gasteiger partial charge in [-0.2, -0.15) is 5.26 Å². The number of halogens is 1. The number of fused-ring (bicyclic) bond motifs is 1. The molecule has 104 valence electrons. The summed E-state index contributed by atoms with van der Waals surface area (Å²) in [6, 6.07) is 6.11. The number of aromatic nitrogens is 1. The van der Waals surface area contributed by atoms with Gasteiger partial charge in [-0.05, 0) is 37.5 Å². The first kappa shape index (κ1) is 14.6. The van der Waals surface area contributed by atoms with Crippen molar-refractivity contribution in [2.24, 2.45) is 0 Å². The fraction of sp³-hybridized carbons (Fsp3) is 0.375. The van der Waals surface area contributed by atoms with Gasteiger partial charge in [0.1, 0.15) is 0 Å². The molecule has 1 heterocycles. The number of aryl methyl sites for hydroxylation is 2. The zero-order valence-electron chi connectivity index (χ0n) is 12.3. The fourth-order valence-corrected chi connectivity index (χ4v) is 2.81. The Balaban J connectivity index is 2.87. The van der Waals surface area contributed by atoms with Gasteiger partial charge in [-0.15, -0.1) is 0 Å². The fourth-order valence-electron chi connectivity index (χ4n) is 2.57. The molecular weight excluding hydrogens is 270 g/mol. The van der Waals surface area contributed by atoms with E-state index < -0.39 is 0 Å². The van der Waals surface area contributed by atoms with Crippen molar-refractivity contribution in [1.29, 1.82) is 5.26 Å². The van der Waals surface area contributed by atoms with Gasteiger partial charge in [0, 0.05) is 31.6 Å². The molecule has 2 aromatic rings. The zero-order chi connectivity index (χ0) is 14.9. The zero-order valence-corrected chi connectivity index (χ0v) is 13.0. The normalized spacial score (nSPS) is 10.6. The Morgan fingerprint density at radius 2 is 2.00 bits per heavy atom. The largest absolute Gasteiger partial charge is 0.377 e. The van der Waals surface area contributed by atoms with Gasteiger partial charge >= 0.3 is 0 Å². The number of hydrogen-bond acceptors (Lipinski definition) is 3. The second kappa shape index (κ2) is 5.68. The summed E-state index contributed by atoms with van der Waals surface area (Å²) in [5.74, 6) is 0. The molecule has 20 heavy (non-hydrogen) atoms. The Kier molecular flexibility index (Phi) is 4.15. The predicted molar refractivity (Wildman–Crippen MR) is 84.5 cm³/mol. The van der Waals surface area contributed by atoms with Crippen LogP contribution in [-0.4, -0.2) is 19.1 Å². The quantitative estimate of drug-likeness (QED) is 0.856. The lowest BCUT2D eigenvalue weighted by Crippen LogP contribution is -2.14. The average Bonchev–Trinajstić information content (AvgIpc) is 2.40. The van der Waals surface area contributed by atoms with Gasteiger partial charge in [-0.1, -0.05) is 17.7 Å². The van der Waals surface area contributed by atoms with Crippen LogP contribution in [0, 0.1) is 25.2 Å². The van der Waals surface area contributed by atoms with E-state index in [2.05, 4.69) is 11.0 Å². The molecule has 0 spiro atoms. The van der Waals surface area contributed by atoms with Crippen LogP contribution < -0.4 is 4.90 Å². The minimum absolute atomic E-state index is 0.484. The maximum atomic E-state index is 8.85. The average molecular weight is 288 g/mol. The van der Waals surface area contributed by atoms with Crippen LogP contribution in [0.1, 0.15) is 23.2 Å². The van der Waals surface area contributed by atoms with Crippen LogP contribution in [0.5, 0.6) is 0 Å². The van der Waals surface area contributed by atoms with E-state index in [0.717, 1.165) is 33.4 Å². The highest BCUT2D eigenvalue weighted by molar-refractivity contribution is 6.36. The van der Waals surface area contributed by atoms with Gasteiger partial charge in [0.25, 0.3) is 0 Å². The molecule has 0 unspecified atom stereocenters. The third kappa shape index (κ3) is 2.44. The predicted octanol–water partition coefficient (Wildman–Crippen LogP) is 4.03. The van der Waals surface area contributed by atoms with Crippen molar-refractivity contribution in [3.8, 4) is 6.07 Å². The molecule has 0 atom stereocenters. The Labute approximate surface area is 124 Å². The highest BCUT2D eigenvalue weighted by Gasteiger charge is 2.17. The van der Waals surface area contributed by atoms with Crippen LogP contribution in [-0.2, 0) is 6.42 Å². The molecule has 0 aliphatic carbocycles. The van der Waals surface area contributed by atoms with Crippen molar-refractivity contribution in [3.05, 3.63) is 34.0 Å². The van der Waals surface area contributed by atoms with Gasteiger partial charge < -0.3 is 4.90 Å². The summed E-state index contributed by atoms with van der Waals surface area (Å²) in [6.45, 7) is 4.04. The van der Waals surface area contributed by atoms with Gasteiger partial charge in [0.15, 0.2) is 0 Å². The summed E-state index contributed by atoms with van der Waals surface area (Å²) in [4.78, 5) is 6.78. The molecule has 0 N–H and O–H groups in total. The van der Waals surface area contributed by atoms with Crippen molar-refractivity contribution in [1.82, 2.24) is 4.98 Å². The third-order valence-electron chi connectivity index (χ3n) is 3.50. The first-order valence-electron chi connectivity index (χ1n) is 6.60. The van der Waals surface area contributed by atoms with Gasteiger partial charge in [0.2, 0.25) is 0 Å². The van der Waals surface area contributed by atoms with Crippen molar-refractivity contribution in [2.75, 3.05) is 19.0 Å². The van der Waals surface area contributed by atoms with Crippen molar-refractivity contribution >= 4 is 28.2 Å². The van der Waals surface area contributed by atoms with Crippen LogP contribution in [0.3, 0.4) is 0 Å². The second-order valence-corrected chi connectivity index (χ2v) is 5.57. The van der Waals surface area contributed by atoms with Crippen LogP contribution in [0.2, 0.25) is 5.02 Å². The van der Waals surface area contributed by atoms with E-state index in [-0.39, 0.29) is 0 Å². The first-order valence-corrected chi connectivity index (χ1v) is 6.97. The summed E-state index contributed by atoms with van der Waals surface area (Å²) in [5, 5.41) is 10.5. The van der Waals surface area contributed by atoms with E-state index in [1.54, 1.807) is 0 Å². The standard InChI is InChI=1S/C16H18ClN3/c1-10-7-8-13(17)14-15(10)19-11(2)12(6-5-9-18)16(14)20(3)4/h7-8H,5-6H2,1-4H3. The van der Waals surface area contributed by atoms with Crippen LogP contribution in [0.4, 0.5) is 5.69 Å². The molecule has 0 fully saturated rings. The number of nitrogens with zero attached hydrogens (tertiary/aromatic N) is 3. The highest BCUT2D eigenvalue weighted by atomic mass is 35.5. The summed E-state index contributed by atoms with van der Waals surface area (Å²) < 4.78 is 0. The Morgan fingerprint density at radius 3 is 2.60 bits per heavy atom. The van der Waals surface area contributed by atoms with E-state index in [4.69, 9.17) is 21.8 Å². The number of pyridine rings is 1.